The molecule has 1 heterocycles. The van der Waals surface area contributed by atoms with Crippen LogP contribution in [0.15, 0.2) is 30.5 Å². The van der Waals surface area contributed by atoms with Gasteiger partial charge >= 0.3 is 5.97 Å². The van der Waals surface area contributed by atoms with Crippen LogP contribution in [0, 0.1) is 0 Å². The minimum absolute atomic E-state index is 0.235. The maximum atomic E-state index is 12.5. The Labute approximate surface area is 201 Å². The van der Waals surface area contributed by atoms with Crippen LogP contribution in [0.25, 0.3) is 10.9 Å². The van der Waals surface area contributed by atoms with Gasteiger partial charge in [0.05, 0.1) is 18.7 Å². The Morgan fingerprint density at radius 1 is 1.15 bits per heavy atom. The summed E-state index contributed by atoms with van der Waals surface area (Å²) in [7, 11) is 0. The van der Waals surface area contributed by atoms with Gasteiger partial charge in [0.2, 0.25) is 17.7 Å². The lowest BCUT2D eigenvalue weighted by atomic mass is 10.1. The Hall–Kier alpha value is -3.09. The van der Waals surface area contributed by atoms with E-state index in [1.165, 1.54) is 18.7 Å². The third kappa shape index (κ3) is 7.75. The summed E-state index contributed by atoms with van der Waals surface area (Å²) >= 11 is 1.44. The van der Waals surface area contributed by atoms with Gasteiger partial charge < -0.3 is 36.9 Å². The van der Waals surface area contributed by atoms with Crippen molar-refractivity contribution in [3.05, 3.63) is 36.0 Å². The summed E-state index contributed by atoms with van der Waals surface area (Å²) in [6.45, 7) is 0.839. The lowest BCUT2D eigenvalue weighted by Gasteiger charge is -2.22. The number of aliphatic hydroxyl groups excluding tert-OH is 1. The van der Waals surface area contributed by atoms with Crippen LogP contribution in [-0.2, 0) is 25.6 Å². The molecule has 1 aromatic heterocycles. The van der Waals surface area contributed by atoms with Gasteiger partial charge in [-0.2, -0.15) is 11.8 Å². The summed E-state index contributed by atoms with van der Waals surface area (Å²) in [5.41, 5.74) is 7.82. The summed E-state index contributed by atoms with van der Waals surface area (Å²) in [5.74, 6) is -2.76. The number of para-hydroxylation sites is 1. The molecule has 0 spiro atoms. The first-order valence-corrected chi connectivity index (χ1v) is 12.1. The van der Waals surface area contributed by atoms with E-state index in [1.54, 1.807) is 6.20 Å². The number of carboxylic acids is 1. The average molecular weight is 494 g/mol. The first-order valence-electron chi connectivity index (χ1n) is 10.7. The van der Waals surface area contributed by atoms with Crippen LogP contribution in [0.2, 0.25) is 0 Å². The van der Waals surface area contributed by atoms with Crippen LogP contribution >= 0.6 is 11.8 Å². The molecule has 2 aromatic rings. The van der Waals surface area contributed by atoms with Crippen molar-refractivity contribution in [3.8, 4) is 0 Å². The van der Waals surface area contributed by atoms with E-state index < -0.39 is 54.5 Å². The standard InChI is InChI=1S/C22H31N5O6S/c1-12(28)19(22(32)33)27-21(31)17(7-8-34-2)26-18(29)11-25-20(30)15(23)9-13-10-24-16-6-4-3-5-14(13)16/h3-6,10,12,15,17,19,24,28H,7-9,11,23H2,1-2H3,(H,25,30)(H,26,29)(H,27,31)(H,32,33). The number of hydrogen-bond donors (Lipinski definition) is 7. The van der Waals surface area contributed by atoms with Crippen molar-refractivity contribution < 1.29 is 29.4 Å². The SMILES string of the molecule is CSCCC(NC(=O)CNC(=O)C(N)Cc1c[nH]c2ccccc12)C(=O)NC(C(=O)O)C(C)O. The van der Waals surface area contributed by atoms with Gasteiger partial charge in [-0.25, -0.2) is 4.79 Å². The molecule has 8 N–H and O–H groups in total. The molecule has 1 aromatic carbocycles. The molecule has 34 heavy (non-hydrogen) atoms. The van der Waals surface area contributed by atoms with Crippen LogP contribution in [-0.4, -0.2) is 81.7 Å². The maximum absolute atomic E-state index is 12.5. The van der Waals surface area contributed by atoms with E-state index in [-0.39, 0.29) is 12.8 Å². The van der Waals surface area contributed by atoms with Gasteiger partial charge in [0.1, 0.15) is 6.04 Å². The first kappa shape index (κ1) is 27.2. The van der Waals surface area contributed by atoms with Crippen LogP contribution in [0.4, 0.5) is 0 Å². The number of nitrogens with one attached hydrogen (secondary N) is 4. The molecule has 2 rings (SSSR count). The zero-order valence-electron chi connectivity index (χ0n) is 19.0. The van der Waals surface area contributed by atoms with Crippen molar-refractivity contribution in [1.29, 1.82) is 0 Å². The fraction of sp³-hybridized carbons (Fsp3) is 0.455. The predicted octanol–water partition coefficient (Wildman–Crippen LogP) is -0.658. The number of amides is 3. The molecule has 0 aliphatic carbocycles. The number of aromatic nitrogens is 1. The van der Waals surface area contributed by atoms with Crippen LogP contribution in [0.5, 0.6) is 0 Å². The normalized spacial score (nSPS) is 14.6. The number of rotatable bonds is 13. The number of thioether (sulfide) groups is 1. The molecule has 4 unspecified atom stereocenters. The molecule has 186 valence electrons. The van der Waals surface area contributed by atoms with Crippen molar-refractivity contribution in [2.24, 2.45) is 5.73 Å². The van der Waals surface area contributed by atoms with Gasteiger partial charge in [0.15, 0.2) is 6.04 Å². The second-order valence-electron chi connectivity index (χ2n) is 7.85. The third-order valence-corrected chi connectivity index (χ3v) is 5.83. The molecule has 4 atom stereocenters. The highest BCUT2D eigenvalue weighted by Gasteiger charge is 2.29. The minimum Gasteiger partial charge on any atom is -0.480 e. The summed E-state index contributed by atoms with van der Waals surface area (Å²) < 4.78 is 0. The molecule has 0 aliphatic rings. The molecule has 0 bridgehead atoms. The second kappa shape index (κ2) is 13.0. The maximum Gasteiger partial charge on any atom is 0.328 e. The molecule has 0 saturated heterocycles. The summed E-state index contributed by atoms with van der Waals surface area (Å²) in [5, 5.41) is 26.9. The molecule has 0 fully saturated rings. The topological polar surface area (TPSA) is 187 Å². The summed E-state index contributed by atoms with van der Waals surface area (Å²) in [4.78, 5) is 51.6. The number of carboxylic acid groups (broad SMARTS) is 1. The lowest BCUT2D eigenvalue weighted by Crippen LogP contribution is -2.56. The van der Waals surface area contributed by atoms with Gasteiger partial charge in [-0.3, -0.25) is 14.4 Å². The average Bonchev–Trinajstić information content (AvgIpc) is 3.20. The van der Waals surface area contributed by atoms with E-state index >= 15 is 0 Å². The van der Waals surface area contributed by atoms with E-state index in [4.69, 9.17) is 10.8 Å². The van der Waals surface area contributed by atoms with Crippen molar-refractivity contribution in [2.75, 3.05) is 18.6 Å². The van der Waals surface area contributed by atoms with Gasteiger partial charge in [-0.15, -0.1) is 0 Å². The highest BCUT2D eigenvalue weighted by Crippen LogP contribution is 2.18. The number of benzene rings is 1. The quantitative estimate of drug-likeness (QED) is 0.192. The molecule has 0 radical (unpaired) electrons. The van der Waals surface area contributed by atoms with Crippen molar-refractivity contribution in [2.45, 2.75) is 44.0 Å². The number of nitrogens with two attached hydrogens (primary N) is 1. The molecular weight excluding hydrogens is 462 g/mol. The van der Waals surface area contributed by atoms with Gasteiger partial charge in [0.25, 0.3) is 0 Å². The predicted molar refractivity (Wildman–Crippen MR) is 129 cm³/mol. The molecule has 3 amide bonds. The fourth-order valence-electron chi connectivity index (χ4n) is 3.32. The molecular formula is C22H31N5O6S. The summed E-state index contributed by atoms with van der Waals surface area (Å²) in [6, 6.07) is 4.20. The number of H-pyrrole nitrogens is 1. The fourth-order valence-corrected chi connectivity index (χ4v) is 3.79. The Balaban J connectivity index is 1.90. The summed E-state index contributed by atoms with van der Waals surface area (Å²) in [6.07, 6.45) is 2.79. The zero-order chi connectivity index (χ0) is 25.3. The largest absolute Gasteiger partial charge is 0.480 e. The van der Waals surface area contributed by atoms with Gasteiger partial charge in [0, 0.05) is 17.1 Å². The van der Waals surface area contributed by atoms with E-state index in [2.05, 4.69) is 20.9 Å². The van der Waals surface area contributed by atoms with E-state index in [9.17, 15) is 24.3 Å². The first-order chi connectivity index (χ1) is 16.1. The minimum atomic E-state index is -1.51. The number of aliphatic hydroxyl groups is 1. The van der Waals surface area contributed by atoms with Gasteiger partial charge in [-0.1, -0.05) is 18.2 Å². The highest BCUT2D eigenvalue weighted by molar-refractivity contribution is 7.98. The molecule has 12 heteroatoms. The van der Waals surface area contributed by atoms with Gasteiger partial charge in [-0.05, 0) is 43.4 Å². The zero-order valence-corrected chi connectivity index (χ0v) is 19.9. The van der Waals surface area contributed by atoms with E-state index in [0.717, 1.165) is 16.5 Å². The molecule has 0 saturated carbocycles. The number of carbonyl (C=O) groups is 4. The Kier molecular flexibility index (Phi) is 10.4. The monoisotopic (exact) mass is 493 g/mol. The number of hydrogen-bond acceptors (Lipinski definition) is 7. The molecule has 0 aliphatic heterocycles. The molecule has 11 nitrogen and oxygen atoms in total. The number of aromatic amines is 1. The van der Waals surface area contributed by atoms with E-state index in [1.807, 2.05) is 30.5 Å². The number of aliphatic carboxylic acids is 1. The highest BCUT2D eigenvalue weighted by atomic mass is 32.2. The Morgan fingerprint density at radius 2 is 1.85 bits per heavy atom. The van der Waals surface area contributed by atoms with Crippen molar-refractivity contribution in [3.63, 3.8) is 0 Å². The van der Waals surface area contributed by atoms with E-state index in [0.29, 0.717) is 5.75 Å². The Morgan fingerprint density at radius 3 is 2.50 bits per heavy atom. The van der Waals surface area contributed by atoms with Crippen LogP contribution < -0.4 is 21.7 Å². The second-order valence-corrected chi connectivity index (χ2v) is 8.84. The third-order valence-electron chi connectivity index (χ3n) is 5.18. The van der Waals surface area contributed by atoms with Crippen molar-refractivity contribution >= 4 is 46.4 Å². The van der Waals surface area contributed by atoms with Crippen molar-refractivity contribution in [1.82, 2.24) is 20.9 Å². The smallest absolute Gasteiger partial charge is 0.328 e. The van der Waals surface area contributed by atoms with Crippen LogP contribution in [0.1, 0.15) is 18.9 Å². The number of carbonyl (C=O) groups excluding carboxylic acids is 3. The Bertz CT molecular complexity index is 1010. The number of fused-ring (bicyclic) bond motifs is 1. The lowest BCUT2D eigenvalue weighted by molar-refractivity contribution is -0.145. The van der Waals surface area contributed by atoms with Crippen LogP contribution in [0.3, 0.4) is 0 Å².